The SMILES string of the molecule is Cn1nnnc1Oc1c(N)cc(C#N)cc1I. The fraction of sp³-hybridized carbons (Fsp3) is 0.111. The smallest absolute Gasteiger partial charge is 0.340 e. The molecule has 86 valence electrons. The van der Waals surface area contributed by atoms with E-state index in [2.05, 4.69) is 15.5 Å². The van der Waals surface area contributed by atoms with Crippen molar-refractivity contribution in [3.05, 3.63) is 21.3 Å². The first-order chi connectivity index (χ1) is 8.11. The van der Waals surface area contributed by atoms with Crippen molar-refractivity contribution in [3.63, 3.8) is 0 Å². The molecule has 1 aromatic heterocycles. The van der Waals surface area contributed by atoms with Gasteiger partial charge in [-0.25, -0.2) is 0 Å². The van der Waals surface area contributed by atoms with Gasteiger partial charge in [-0.1, -0.05) is 5.10 Å². The maximum atomic E-state index is 8.79. The van der Waals surface area contributed by atoms with E-state index in [-0.39, 0.29) is 6.01 Å². The Bertz CT molecular complexity index is 579. The van der Waals surface area contributed by atoms with Gasteiger partial charge in [0, 0.05) is 7.05 Å². The largest absolute Gasteiger partial charge is 0.420 e. The molecule has 7 nitrogen and oxygen atoms in total. The summed E-state index contributed by atoms with van der Waals surface area (Å²) in [6.45, 7) is 0. The number of ether oxygens (including phenoxy) is 1. The Kier molecular flexibility index (Phi) is 3.10. The number of hydrogen-bond acceptors (Lipinski definition) is 6. The highest BCUT2D eigenvalue weighted by atomic mass is 127. The molecule has 17 heavy (non-hydrogen) atoms. The van der Waals surface area contributed by atoms with Crippen molar-refractivity contribution in [1.29, 1.82) is 5.26 Å². The van der Waals surface area contributed by atoms with Crippen LogP contribution in [-0.2, 0) is 7.05 Å². The zero-order valence-corrected chi connectivity index (χ0v) is 10.9. The van der Waals surface area contributed by atoms with Crippen LogP contribution in [0.4, 0.5) is 5.69 Å². The van der Waals surface area contributed by atoms with Crippen molar-refractivity contribution >= 4 is 28.3 Å². The lowest BCUT2D eigenvalue weighted by atomic mass is 10.2. The zero-order valence-electron chi connectivity index (χ0n) is 8.75. The van der Waals surface area contributed by atoms with Gasteiger partial charge in [0.15, 0.2) is 5.75 Å². The summed E-state index contributed by atoms with van der Waals surface area (Å²) in [5.74, 6) is 0.447. The highest BCUT2D eigenvalue weighted by Gasteiger charge is 2.12. The Labute approximate surface area is 110 Å². The summed E-state index contributed by atoms with van der Waals surface area (Å²) >= 11 is 2.04. The Balaban J connectivity index is 2.41. The molecule has 1 aromatic carbocycles. The third-order valence-electron chi connectivity index (χ3n) is 1.98. The van der Waals surface area contributed by atoms with Crippen LogP contribution in [0.5, 0.6) is 11.8 Å². The van der Waals surface area contributed by atoms with E-state index in [1.807, 2.05) is 28.7 Å². The topological polar surface area (TPSA) is 103 Å². The lowest BCUT2D eigenvalue weighted by molar-refractivity contribution is 0.414. The number of halogens is 1. The molecule has 2 N–H and O–H groups in total. The molecule has 0 radical (unpaired) electrons. The molecule has 0 saturated carbocycles. The Morgan fingerprint density at radius 3 is 2.82 bits per heavy atom. The summed E-state index contributed by atoms with van der Waals surface area (Å²) in [4.78, 5) is 0. The molecule has 0 aliphatic heterocycles. The first-order valence-electron chi connectivity index (χ1n) is 4.51. The standard InChI is InChI=1S/C9H7IN6O/c1-16-9(13-14-15-16)17-8-6(10)2-5(4-11)3-7(8)12/h2-3H,12H2,1H3. The molecule has 0 fully saturated rings. The van der Waals surface area contributed by atoms with Gasteiger partial charge in [0.25, 0.3) is 0 Å². The van der Waals surface area contributed by atoms with Gasteiger partial charge in [-0.15, -0.1) is 0 Å². The number of benzene rings is 1. The van der Waals surface area contributed by atoms with Crippen molar-refractivity contribution in [2.24, 2.45) is 7.05 Å². The van der Waals surface area contributed by atoms with Crippen LogP contribution < -0.4 is 10.5 Å². The molecule has 0 atom stereocenters. The number of hydrogen-bond donors (Lipinski definition) is 1. The molecule has 0 aliphatic rings. The first kappa shape index (κ1) is 11.6. The van der Waals surface area contributed by atoms with Crippen LogP contribution in [0.15, 0.2) is 12.1 Å². The summed E-state index contributed by atoms with van der Waals surface area (Å²) in [5.41, 5.74) is 6.66. The number of anilines is 1. The number of aryl methyl sites for hydroxylation is 1. The van der Waals surface area contributed by atoms with E-state index < -0.39 is 0 Å². The molecule has 0 amide bonds. The second kappa shape index (κ2) is 4.54. The van der Waals surface area contributed by atoms with E-state index in [0.29, 0.717) is 17.0 Å². The van der Waals surface area contributed by atoms with Gasteiger partial charge in [0.2, 0.25) is 0 Å². The van der Waals surface area contributed by atoms with Gasteiger partial charge >= 0.3 is 6.01 Å². The van der Waals surface area contributed by atoms with Gasteiger partial charge in [-0.05, 0) is 45.2 Å². The second-order valence-electron chi connectivity index (χ2n) is 3.18. The van der Waals surface area contributed by atoms with E-state index in [0.717, 1.165) is 3.57 Å². The highest BCUT2D eigenvalue weighted by molar-refractivity contribution is 14.1. The minimum atomic E-state index is 0.235. The van der Waals surface area contributed by atoms with Crippen LogP contribution >= 0.6 is 22.6 Å². The number of tetrazole rings is 1. The molecule has 0 bridgehead atoms. The lowest BCUT2D eigenvalue weighted by Gasteiger charge is -2.08. The van der Waals surface area contributed by atoms with Crippen LogP contribution in [0.1, 0.15) is 5.56 Å². The van der Waals surface area contributed by atoms with Crippen LogP contribution in [0.25, 0.3) is 0 Å². The average Bonchev–Trinajstić information content (AvgIpc) is 2.69. The van der Waals surface area contributed by atoms with Gasteiger partial charge in [0.05, 0.1) is 20.9 Å². The zero-order chi connectivity index (χ0) is 12.4. The maximum absolute atomic E-state index is 8.79. The normalized spacial score (nSPS) is 9.94. The number of nitrogens with two attached hydrogens (primary N) is 1. The number of rotatable bonds is 2. The van der Waals surface area contributed by atoms with Gasteiger partial charge in [-0.2, -0.15) is 9.94 Å². The van der Waals surface area contributed by atoms with E-state index in [1.54, 1.807) is 19.2 Å². The molecule has 0 unspecified atom stereocenters. The van der Waals surface area contributed by atoms with E-state index in [4.69, 9.17) is 15.7 Å². The predicted octanol–water partition coefficient (Wildman–Crippen LogP) is 1.06. The molecule has 8 heteroatoms. The average molecular weight is 342 g/mol. The minimum absolute atomic E-state index is 0.235. The van der Waals surface area contributed by atoms with Crippen LogP contribution in [-0.4, -0.2) is 20.2 Å². The van der Waals surface area contributed by atoms with Crippen LogP contribution in [0.3, 0.4) is 0 Å². The fourth-order valence-electron chi connectivity index (χ4n) is 1.19. The minimum Gasteiger partial charge on any atom is -0.420 e. The summed E-state index contributed by atoms with van der Waals surface area (Å²) < 4.78 is 7.60. The molecule has 0 spiro atoms. The Hall–Kier alpha value is -1.89. The molecule has 0 saturated heterocycles. The van der Waals surface area contributed by atoms with E-state index in [1.165, 1.54) is 4.68 Å². The summed E-state index contributed by atoms with van der Waals surface area (Å²) in [5, 5.41) is 19.6. The summed E-state index contributed by atoms with van der Waals surface area (Å²) in [6, 6.07) is 5.48. The van der Waals surface area contributed by atoms with Crippen LogP contribution in [0.2, 0.25) is 0 Å². The Morgan fingerprint density at radius 2 is 2.29 bits per heavy atom. The molecule has 1 heterocycles. The van der Waals surface area contributed by atoms with Gasteiger partial charge < -0.3 is 10.5 Å². The molecule has 0 aliphatic carbocycles. The summed E-state index contributed by atoms with van der Waals surface area (Å²) in [7, 11) is 1.65. The third kappa shape index (κ3) is 2.28. The number of aromatic nitrogens is 4. The lowest BCUT2D eigenvalue weighted by Crippen LogP contribution is -2.00. The fourth-order valence-corrected chi connectivity index (χ4v) is 1.94. The van der Waals surface area contributed by atoms with Crippen molar-refractivity contribution in [3.8, 4) is 17.8 Å². The highest BCUT2D eigenvalue weighted by Crippen LogP contribution is 2.32. The van der Waals surface area contributed by atoms with E-state index in [9.17, 15) is 0 Å². The number of nitrogens with zero attached hydrogens (tertiary/aromatic N) is 5. The predicted molar refractivity (Wildman–Crippen MR) is 67.2 cm³/mol. The van der Waals surface area contributed by atoms with Crippen molar-refractivity contribution < 1.29 is 4.74 Å². The Morgan fingerprint density at radius 1 is 1.53 bits per heavy atom. The third-order valence-corrected chi connectivity index (χ3v) is 2.78. The first-order valence-corrected chi connectivity index (χ1v) is 5.59. The summed E-state index contributed by atoms with van der Waals surface area (Å²) in [6.07, 6.45) is 0. The quantitative estimate of drug-likeness (QED) is 0.647. The van der Waals surface area contributed by atoms with Gasteiger partial charge in [-0.3, -0.25) is 0 Å². The monoisotopic (exact) mass is 342 g/mol. The second-order valence-corrected chi connectivity index (χ2v) is 4.34. The van der Waals surface area contributed by atoms with Crippen molar-refractivity contribution in [2.75, 3.05) is 5.73 Å². The molecular formula is C9H7IN6O. The van der Waals surface area contributed by atoms with Crippen molar-refractivity contribution in [2.45, 2.75) is 0 Å². The number of nitriles is 1. The van der Waals surface area contributed by atoms with Crippen molar-refractivity contribution in [1.82, 2.24) is 20.2 Å². The molecular weight excluding hydrogens is 335 g/mol. The molecule has 2 rings (SSSR count). The molecule has 2 aromatic rings. The van der Waals surface area contributed by atoms with E-state index >= 15 is 0 Å². The van der Waals surface area contributed by atoms with Crippen LogP contribution in [0, 0.1) is 14.9 Å². The number of nitrogen functional groups attached to an aromatic ring is 1. The van der Waals surface area contributed by atoms with Gasteiger partial charge in [0.1, 0.15) is 0 Å². The maximum Gasteiger partial charge on any atom is 0.340 e.